The van der Waals surface area contributed by atoms with Crippen LogP contribution >= 0.6 is 23.2 Å². The number of anilines is 1. The average molecular weight is 354 g/mol. The quantitative estimate of drug-likeness (QED) is 0.830. The first-order valence-electron chi connectivity index (χ1n) is 6.55. The Labute approximate surface area is 143 Å². The lowest BCUT2D eigenvalue weighted by Crippen LogP contribution is -2.20. The van der Waals surface area contributed by atoms with Gasteiger partial charge in [-0.1, -0.05) is 23.2 Å². The van der Waals surface area contributed by atoms with Crippen LogP contribution in [0.4, 0.5) is 5.69 Å². The van der Waals surface area contributed by atoms with E-state index < -0.39 is 18.5 Å². The molecule has 0 atom stereocenters. The van der Waals surface area contributed by atoms with E-state index in [0.29, 0.717) is 16.5 Å². The second-order valence-electron chi connectivity index (χ2n) is 4.48. The van der Waals surface area contributed by atoms with Crippen molar-refractivity contribution in [3.8, 4) is 5.75 Å². The molecule has 0 aliphatic carbocycles. The standard InChI is InChI=1S/C16H13Cl2NO4/c1-22-12-5-3-11(4-6-12)19-15(20)9-23-16(21)10-2-7-13(17)14(18)8-10/h2-8H,9H2,1H3,(H,19,20). The molecule has 0 fully saturated rings. The summed E-state index contributed by atoms with van der Waals surface area (Å²) >= 11 is 11.6. The van der Waals surface area contributed by atoms with Gasteiger partial charge in [-0.2, -0.15) is 0 Å². The summed E-state index contributed by atoms with van der Waals surface area (Å²) in [4.78, 5) is 23.6. The maximum Gasteiger partial charge on any atom is 0.338 e. The first-order valence-corrected chi connectivity index (χ1v) is 7.31. The Morgan fingerprint density at radius 3 is 2.35 bits per heavy atom. The van der Waals surface area contributed by atoms with E-state index in [1.54, 1.807) is 31.4 Å². The highest BCUT2D eigenvalue weighted by Crippen LogP contribution is 2.23. The number of hydrogen-bond acceptors (Lipinski definition) is 4. The van der Waals surface area contributed by atoms with E-state index in [1.807, 2.05) is 0 Å². The molecule has 0 spiro atoms. The van der Waals surface area contributed by atoms with Crippen LogP contribution in [0.2, 0.25) is 10.0 Å². The van der Waals surface area contributed by atoms with Crippen molar-refractivity contribution in [2.24, 2.45) is 0 Å². The minimum atomic E-state index is -0.659. The van der Waals surface area contributed by atoms with Gasteiger partial charge in [0.05, 0.1) is 22.7 Å². The van der Waals surface area contributed by atoms with Crippen molar-refractivity contribution < 1.29 is 19.1 Å². The van der Waals surface area contributed by atoms with E-state index in [-0.39, 0.29) is 10.6 Å². The van der Waals surface area contributed by atoms with Gasteiger partial charge < -0.3 is 14.8 Å². The molecule has 0 heterocycles. The van der Waals surface area contributed by atoms with Gasteiger partial charge in [0, 0.05) is 5.69 Å². The third-order valence-corrected chi connectivity index (χ3v) is 3.60. The molecule has 23 heavy (non-hydrogen) atoms. The molecule has 0 aromatic heterocycles. The molecular weight excluding hydrogens is 341 g/mol. The number of hydrogen-bond donors (Lipinski definition) is 1. The van der Waals surface area contributed by atoms with Crippen LogP contribution in [0, 0.1) is 0 Å². The van der Waals surface area contributed by atoms with Crippen molar-refractivity contribution in [1.82, 2.24) is 0 Å². The van der Waals surface area contributed by atoms with Crippen molar-refractivity contribution in [2.75, 3.05) is 19.0 Å². The molecule has 0 aliphatic heterocycles. The maximum absolute atomic E-state index is 11.8. The summed E-state index contributed by atoms with van der Waals surface area (Å²) in [5.41, 5.74) is 0.790. The minimum absolute atomic E-state index is 0.219. The molecule has 0 saturated carbocycles. The van der Waals surface area contributed by atoms with Crippen LogP contribution in [0.15, 0.2) is 42.5 Å². The normalized spacial score (nSPS) is 10.0. The van der Waals surface area contributed by atoms with Gasteiger partial charge in [0.2, 0.25) is 0 Å². The molecule has 5 nitrogen and oxygen atoms in total. The van der Waals surface area contributed by atoms with Crippen molar-refractivity contribution >= 4 is 40.8 Å². The summed E-state index contributed by atoms with van der Waals surface area (Å²) in [7, 11) is 1.55. The minimum Gasteiger partial charge on any atom is -0.497 e. The number of ether oxygens (including phenoxy) is 2. The summed E-state index contributed by atoms with van der Waals surface area (Å²) in [5, 5.41) is 3.18. The molecule has 0 saturated heterocycles. The SMILES string of the molecule is COc1ccc(NC(=O)COC(=O)c2ccc(Cl)c(Cl)c2)cc1. The number of benzene rings is 2. The van der Waals surface area contributed by atoms with Gasteiger partial charge in [-0.15, -0.1) is 0 Å². The van der Waals surface area contributed by atoms with Crippen LogP contribution in [-0.4, -0.2) is 25.6 Å². The van der Waals surface area contributed by atoms with Gasteiger partial charge in [-0.3, -0.25) is 4.79 Å². The fourth-order valence-corrected chi connectivity index (χ4v) is 2.01. The number of carbonyl (C=O) groups excluding carboxylic acids is 2. The second-order valence-corrected chi connectivity index (χ2v) is 5.30. The van der Waals surface area contributed by atoms with Gasteiger partial charge in [-0.05, 0) is 42.5 Å². The maximum atomic E-state index is 11.8. The summed E-state index contributed by atoms with van der Waals surface area (Å²) in [6.07, 6.45) is 0. The Morgan fingerprint density at radius 2 is 1.74 bits per heavy atom. The van der Waals surface area contributed by atoms with E-state index in [1.165, 1.54) is 18.2 Å². The molecule has 2 aromatic carbocycles. The molecule has 0 bridgehead atoms. The zero-order valence-corrected chi connectivity index (χ0v) is 13.6. The Balaban J connectivity index is 1.87. The van der Waals surface area contributed by atoms with Crippen molar-refractivity contribution in [3.05, 3.63) is 58.1 Å². The monoisotopic (exact) mass is 353 g/mol. The van der Waals surface area contributed by atoms with Crippen molar-refractivity contribution in [2.45, 2.75) is 0 Å². The lowest BCUT2D eigenvalue weighted by atomic mass is 10.2. The Morgan fingerprint density at radius 1 is 1.04 bits per heavy atom. The number of halogens is 2. The van der Waals surface area contributed by atoms with Gasteiger partial charge in [-0.25, -0.2) is 4.79 Å². The van der Waals surface area contributed by atoms with Crippen LogP contribution in [0.1, 0.15) is 10.4 Å². The Hall–Kier alpha value is -2.24. The van der Waals surface area contributed by atoms with E-state index in [4.69, 9.17) is 32.7 Å². The zero-order valence-electron chi connectivity index (χ0n) is 12.1. The lowest BCUT2D eigenvalue weighted by molar-refractivity contribution is -0.119. The van der Waals surface area contributed by atoms with E-state index >= 15 is 0 Å². The molecule has 0 aliphatic rings. The van der Waals surface area contributed by atoms with E-state index in [9.17, 15) is 9.59 Å². The summed E-state index contributed by atoms with van der Waals surface area (Å²) in [6.45, 7) is -0.412. The fraction of sp³-hybridized carbons (Fsp3) is 0.125. The average Bonchev–Trinajstić information content (AvgIpc) is 2.56. The van der Waals surface area contributed by atoms with Crippen LogP contribution < -0.4 is 10.1 Å². The first-order chi connectivity index (χ1) is 11.0. The Kier molecular flexibility index (Phi) is 5.84. The molecule has 1 amide bonds. The van der Waals surface area contributed by atoms with Gasteiger partial charge in [0.15, 0.2) is 6.61 Å². The van der Waals surface area contributed by atoms with Gasteiger partial charge >= 0.3 is 5.97 Å². The third kappa shape index (κ3) is 4.87. The highest BCUT2D eigenvalue weighted by molar-refractivity contribution is 6.42. The lowest BCUT2D eigenvalue weighted by Gasteiger charge is -2.08. The number of nitrogens with one attached hydrogen (secondary N) is 1. The largest absolute Gasteiger partial charge is 0.497 e. The number of carbonyl (C=O) groups is 2. The molecule has 0 radical (unpaired) electrons. The molecule has 2 aromatic rings. The number of rotatable bonds is 5. The summed E-state index contributed by atoms with van der Waals surface area (Å²) in [5.74, 6) is -0.439. The van der Waals surface area contributed by atoms with E-state index in [2.05, 4.69) is 5.32 Å². The van der Waals surface area contributed by atoms with Gasteiger partial charge in [0.1, 0.15) is 5.75 Å². The molecular formula is C16H13Cl2NO4. The topological polar surface area (TPSA) is 64.6 Å². The number of methoxy groups -OCH3 is 1. The van der Waals surface area contributed by atoms with Crippen LogP contribution in [0.25, 0.3) is 0 Å². The molecule has 1 N–H and O–H groups in total. The fourth-order valence-electron chi connectivity index (χ4n) is 1.71. The Bertz CT molecular complexity index is 717. The zero-order chi connectivity index (χ0) is 16.8. The number of amides is 1. The van der Waals surface area contributed by atoms with Crippen molar-refractivity contribution in [3.63, 3.8) is 0 Å². The smallest absolute Gasteiger partial charge is 0.338 e. The predicted molar refractivity (Wildman–Crippen MR) is 88.4 cm³/mol. The summed E-state index contributed by atoms with van der Waals surface area (Å²) < 4.78 is 9.94. The second kappa shape index (κ2) is 7.85. The van der Waals surface area contributed by atoms with E-state index in [0.717, 1.165) is 0 Å². The highest BCUT2D eigenvalue weighted by Gasteiger charge is 2.12. The number of esters is 1. The van der Waals surface area contributed by atoms with Crippen LogP contribution in [-0.2, 0) is 9.53 Å². The molecule has 0 unspecified atom stereocenters. The third-order valence-electron chi connectivity index (χ3n) is 2.86. The first kappa shape index (κ1) is 17.1. The molecule has 120 valence electrons. The van der Waals surface area contributed by atoms with Crippen molar-refractivity contribution in [1.29, 1.82) is 0 Å². The summed E-state index contributed by atoms with van der Waals surface area (Å²) in [6, 6.07) is 11.1. The molecule has 7 heteroatoms. The molecule has 2 rings (SSSR count). The van der Waals surface area contributed by atoms with Crippen LogP contribution in [0.5, 0.6) is 5.75 Å². The highest BCUT2D eigenvalue weighted by atomic mass is 35.5. The van der Waals surface area contributed by atoms with Gasteiger partial charge in [0.25, 0.3) is 5.91 Å². The predicted octanol–water partition coefficient (Wildman–Crippen LogP) is 3.80. The van der Waals surface area contributed by atoms with Crippen LogP contribution in [0.3, 0.4) is 0 Å².